The van der Waals surface area contributed by atoms with Gasteiger partial charge in [0.05, 0.1) is 5.75 Å². The van der Waals surface area contributed by atoms with Gasteiger partial charge >= 0.3 is 0 Å². The molecule has 34 heavy (non-hydrogen) atoms. The molecule has 0 aliphatic carbocycles. The summed E-state index contributed by atoms with van der Waals surface area (Å²) in [5.74, 6) is 1.53. The highest BCUT2D eigenvalue weighted by Crippen LogP contribution is 2.25. The third kappa shape index (κ3) is 6.07. The fourth-order valence-electron chi connectivity index (χ4n) is 3.31. The Labute approximate surface area is 211 Å². The van der Waals surface area contributed by atoms with Crippen LogP contribution in [0.4, 0.5) is 5.69 Å². The van der Waals surface area contributed by atoms with Crippen LogP contribution >= 0.6 is 27.7 Å². The number of rotatable bonds is 8. The number of hydrogen-bond acceptors (Lipinski definition) is 5. The first-order valence-electron chi connectivity index (χ1n) is 10.8. The third-order valence-corrected chi connectivity index (χ3v) is 6.60. The molecule has 0 saturated heterocycles. The molecular weight excluding hydrogens is 512 g/mol. The Morgan fingerprint density at radius 1 is 0.971 bits per heavy atom. The number of nitrogens with zero attached hydrogens (tertiary/aromatic N) is 3. The minimum Gasteiger partial charge on any atom is -0.486 e. The minimum atomic E-state index is -0.105. The molecule has 8 heteroatoms. The minimum absolute atomic E-state index is 0.105. The molecule has 0 spiro atoms. The number of hydrogen-bond donors (Lipinski definition) is 1. The molecule has 1 N–H and O–H groups in total. The summed E-state index contributed by atoms with van der Waals surface area (Å²) >= 11 is 4.79. The van der Waals surface area contributed by atoms with Crippen LogP contribution in [0, 0.1) is 20.8 Å². The molecule has 0 aliphatic rings. The van der Waals surface area contributed by atoms with Crippen LogP contribution in [-0.2, 0) is 11.4 Å². The standard InChI is InChI=1S/C26H25BrN4O2S/c1-17-4-9-21(10-5-17)31-24(15-33-22-11-6-18(2)7-12-22)29-30-26(31)34-16-25(32)28-23-13-8-20(27)14-19(23)3/h4-14H,15-16H2,1-3H3,(H,28,32). The Bertz CT molecular complexity index is 1290. The van der Waals surface area contributed by atoms with Crippen LogP contribution in [0.1, 0.15) is 22.5 Å². The van der Waals surface area contributed by atoms with E-state index in [0.29, 0.717) is 11.0 Å². The molecule has 1 heterocycles. The van der Waals surface area contributed by atoms with E-state index < -0.39 is 0 Å². The second-order valence-electron chi connectivity index (χ2n) is 7.97. The number of ether oxygens (including phenoxy) is 1. The summed E-state index contributed by atoms with van der Waals surface area (Å²) in [7, 11) is 0. The van der Waals surface area contributed by atoms with Crippen LogP contribution < -0.4 is 10.1 Å². The fraction of sp³-hybridized carbons (Fsp3) is 0.192. The molecule has 0 atom stereocenters. The Hall–Kier alpha value is -3.10. The van der Waals surface area contributed by atoms with Crippen LogP contribution in [0.2, 0.25) is 0 Å². The van der Waals surface area contributed by atoms with Crippen molar-refractivity contribution in [1.82, 2.24) is 14.8 Å². The van der Waals surface area contributed by atoms with Crippen molar-refractivity contribution in [3.8, 4) is 11.4 Å². The molecule has 0 saturated carbocycles. The summed E-state index contributed by atoms with van der Waals surface area (Å²) in [6.07, 6.45) is 0. The average Bonchev–Trinajstić information content (AvgIpc) is 3.22. The molecule has 1 amide bonds. The Kier molecular flexibility index (Phi) is 7.70. The van der Waals surface area contributed by atoms with E-state index in [4.69, 9.17) is 4.74 Å². The average molecular weight is 537 g/mol. The SMILES string of the molecule is Cc1ccc(OCc2nnc(SCC(=O)Nc3ccc(Br)cc3C)n2-c2ccc(C)cc2)cc1. The van der Waals surface area contributed by atoms with Crippen molar-refractivity contribution in [2.75, 3.05) is 11.1 Å². The van der Waals surface area contributed by atoms with E-state index in [-0.39, 0.29) is 18.3 Å². The molecule has 4 aromatic rings. The zero-order chi connectivity index (χ0) is 24.1. The molecule has 4 rings (SSSR count). The van der Waals surface area contributed by atoms with Gasteiger partial charge in [-0.25, -0.2) is 0 Å². The van der Waals surface area contributed by atoms with Crippen LogP contribution in [0.15, 0.2) is 76.4 Å². The molecule has 6 nitrogen and oxygen atoms in total. The molecule has 0 fully saturated rings. The van der Waals surface area contributed by atoms with E-state index in [1.165, 1.54) is 17.3 Å². The number of thioether (sulfide) groups is 1. The van der Waals surface area contributed by atoms with Gasteiger partial charge in [-0.2, -0.15) is 0 Å². The first kappa shape index (κ1) is 24.0. The molecule has 3 aromatic carbocycles. The molecule has 0 bridgehead atoms. The zero-order valence-corrected chi connectivity index (χ0v) is 21.6. The highest BCUT2D eigenvalue weighted by atomic mass is 79.9. The van der Waals surface area contributed by atoms with E-state index in [0.717, 1.165) is 32.7 Å². The fourth-order valence-corrected chi connectivity index (χ4v) is 4.55. The summed E-state index contributed by atoms with van der Waals surface area (Å²) in [6.45, 7) is 6.30. The van der Waals surface area contributed by atoms with E-state index in [1.54, 1.807) is 0 Å². The van der Waals surface area contributed by atoms with Gasteiger partial charge in [-0.3, -0.25) is 9.36 Å². The van der Waals surface area contributed by atoms with Crippen molar-refractivity contribution >= 4 is 39.3 Å². The summed E-state index contributed by atoms with van der Waals surface area (Å²) in [5.41, 5.74) is 5.04. The van der Waals surface area contributed by atoms with Gasteiger partial charge in [-0.15, -0.1) is 10.2 Å². The summed E-state index contributed by atoms with van der Waals surface area (Å²) < 4.78 is 8.87. The van der Waals surface area contributed by atoms with Crippen molar-refractivity contribution in [1.29, 1.82) is 0 Å². The first-order chi connectivity index (χ1) is 16.4. The summed E-state index contributed by atoms with van der Waals surface area (Å²) in [6, 6.07) is 21.8. The number of nitrogens with one attached hydrogen (secondary N) is 1. The Balaban J connectivity index is 1.51. The molecule has 0 aliphatic heterocycles. The highest BCUT2D eigenvalue weighted by molar-refractivity contribution is 9.10. The number of benzene rings is 3. The lowest BCUT2D eigenvalue weighted by Crippen LogP contribution is -2.15. The lowest BCUT2D eigenvalue weighted by atomic mass is 10.2. The Morgan fingerprint density at radius 2 is 1.65 bits per heavy atom. The zero-order valence-electron chi connectivity index (χ0n) is 19.2. The smallest absolute Gasteiger partial charge is 0.234 e. The summed E-state index contributed by atoms with van der Waals surface area (Å²) in [4.78, 5) is 12.6. The molecule has 1 aromatic heterocycles. The number of carbonyl (C=O) groups excluding carboxylic acids is 1. The number of amides is 1. The van der Waals surface area contributed by atoms with Gasteiger partial charge in [0, 0.05) is 15.8 Å². The normalized spacial score (nSPS) is 10.8. The van der Waals surface area contributed by atoms with E-state index in [2.05, 4.69) is 31.4 Å². The lowest BCUT2D eigenvalue weighted by Gasteiger charge is -2.12. The predicted octanol–water partition coefficient (Wildman–Crippen LogP) is 6.26. The maximum Gasteiger partial charge on any atom is 0.234 e. The van der Waals surface area contributed by atoms with E-state index >= 15 is 0 Å². The lowest BCUT2D eigenvalue weighted by molar-refractivity contribution is -0.113. The predicted molar refractivity (Wildman–Crippen MR) is 140 cm³/mol. The Morgan fingerprint density at radius 3 is 2.32 bits per heavy atom. The van der Waals surface area contributed by atoms with E-state index in [1.807, 2.05) is 92.1 Å². The van der Waals surface area contributed by atoms with Gasteiger partial charge < -0.3 is 10.1 Å². The van der Waals surface area contributed by atoms with Gasteiger partial charge in [-0.05, 0) is 68.8 Å². The van der Waals surface area contributed by atoms with Crippen LogP contribution in [0.3, 0.4) is 0 Å². The van der Waals surface area contributed by atoms with Gasteiger partial charge in [0.25, 0.3) is 0 Å². The van der Waals surface area contributed by atoms with Crippen molar-refractivity contribution in [2.45, 2.75) is 32.5 Å². The second kappa shape index (κ2) is 10.9. The number of anilines is 1. The van der Waals surface area contributed by atoms with Crippen molar-refractivity contribution in [3.05, 3.63) is 93.7 Å². The van der Waals surface area contributed by atoms with Crippen molar-refractivity contribution in [3.63, 3.8) is 0 Å². The summed E-state index contributed by atoms with van der Waals surface area (Å²) in [5, 5.41) is 12.3. The molecule has 0 unspecified atom stereocenters. The second-order valence-corrected chi connectivity index (χ2v) is 9.83. The maximum atomic E-state index is 12.6. The largest absolute Gasteiger partial charge is 0.486 e. The quantitative estimate of drug-likeness (QED) is 0.269. The first-order valence-corrected chi connectivity index (χ1v) is 12.6. The van der Waals surface area contributed by atoms with Crippen LogP contribution in [-0.4, -0.2) is 26.4 Å². The van der Waals surface area contributed by atoms with Crippen LogP contribution in [0.5, 0.6) is 5.75 Å². The third-order valence-electron chi connectivity index (χ3n) is 5.18. The molecule has 174 valence electrons. The number of halogens is 1. The number of carbonyl (C=O) groups is 1. The van der Waals surface area contributed by atoms with Gasteiger partial charge in [0.1, 0.15) is 12.4 Å². The van der Waals surface area contributed by atoms with Crippen molar-refractivity contribution in [2.24, 2.45) is 0 Å². The topological polar surface area (TPSA) is 69.0 Å². The highest BCUT2D eigenvalue weighted by Gasteiger charge is 2.17. The maximum absolute atomic E-state index is 12.6. The number of aryl methyl sites for hydroxylation is 3. The van der Waals surface area contributed by atoms with Crippen LogP contribution in [0.25, 0.3) is 5.69 Å². The van der Waals surface area contributed by atoms with Gasteiger partial charge in [0.15, 0.2) is 11.0 Å². The number of aromatic nitrogens is 3. The van der Waals surface area contributed by atoms with Crippen molar-refractivity contribution < 1.29 is 9.53 Å². The van der Waals surface area contributed by atoms with E-state index in [9.17, 15) is 4.79 Å². The monoisotopic (exact) mass is 536 g/mol. The molecular formula is C26H25BrN4O2S. The molecule has 0 radical (unpaired) electrons. The van der Waals surface area contributed by atoms with Gasteiger partial charge in [0.2, 0.25) is 5.91 Å². The van der Waals surface area contributed by atoms with Gasteiger partial charge in [-0.1, -0.05) is 63.1 Å².